The van der Waals surface area contributed by atoms with Crippen molar-refractivity contribution in [2.24, 2.45) is 0 Å². The molecule has 346 valence electrons. The van der Waals surface area contributed by atoms with Gasteiger partial charge >= 0.3 is 0 Å². The Kier molecular flexibility index (Phi) is 10.5. The quantitative estimate of drug-likeness (QED) is 0.145. The van der Waals surface area contributed by atoms with E-state index in [2.05, 4.69) is 241 Å². The fraction of sp³-hybridized carbons (Fsp3) is 0.0143. The lowest BCUT2D eigenvalue weighted by molar-refractivity contribution is 1.02. The van der Waals surface area contributed by atoms with Crippen LogP contribution in [0.25, 0.3) is 117 Å². The molecule has 1 atom stereocenters. The van der Waals surface area contributed by atoms with Crippen molar-refractivity contribution in [1.82, 2.24) is 19.5 Å². The molecular formula is C70H46N4. The van der Waals surface area contributed by atoms with E-state index in [1.54, 1.807) is 0 Å². The fourth-order valence-electron chi connectivity index (χ4n) is 11.2. The second-order valence-corrected chi connectivity index (χ2v) is 19.2. The Hall–Kier alpha value is -9.77. The van der Waals surface area contributed by atoms with E-state index in [1.807, 2.05) is 36.4 Å². The highest BCUT2D eigenvalue weighted by atomic mass is 15.0. The Labute approximate surface area is 430 Å². The molecule has 1 aliphatic rings. The van der Waals surface area contributed by atoms with Gasteiger partial charge in [0.05, 0.1) is 11.0 Å². The van der Waals surface area contributed by atoms with Gasteiger partial charge in [-0.3, -0.25) is 0 Å². The number of para-hydroxylation sites is 2. The van der Waals surface area contributed by atoms with Gasteiger partial charge in [-0.2, -0.15) is 0 Å². The molecule has 4 heteroatoms. The summed E-state index contributed by atoms with van der Waals surface area (Å²) in [6, 6.07) is 98.1. The molecule has 0 N–H and O–H groups in total. The van der Waals surface area contributed by atoms with E-state index in [-0.39, 0.29) is 5.92 Å². The maximum atomic E-state index is 5.23. The summed E-state index contributed by atoms with van der Waals surface area (Å²) in [5, 5.41) is 2.45. The third-order valence-electron chi connectivity index (χ3n) is 14.7. The average Bonchev–Trinajstić information content (AvgIpc) is 4.02. The minimum absolute atomic E-state index is 0.201. The van der Waals surface area contributed by atoms with E-state index in [4.69, 9.17) is 15.0 Å². The molecule has 1 unspecified atom stereocenters. The second-order valence-electron chi connectivity index (χ2n) is 19.2. The summed E-state index contributed by atoms with van der Waals surface area (Å²) in [6.07, 6.45) is 0. The van der Waals surface area contributed by atoms with Crippen molar-refractivity contribution in [3.63, 3.8) is 0 Å². The number of hydrogen-bond donors (Lipinski definition) is 0. The van der Waals surface area contributed by atoms with Crippen LogP contribution in [-0.4, -0.2) is 19.5 Å². The number of nitrogens with zero attached hydrogens (tertiary/aromatic N) is 4. The van der Waals surface area contributed by atoms with Gasteiger partial charge in [0.2, 0.25) is 0 Å². The lowest BCUT2D eigenvalue weighted by atomic mass is 9.88. The van der Waals surface area contributed by atoms with E-state index < -0.39 is 0 Å². The Morgan fingerprint density at radius 2 is 0.689 bits per heavy atom. The van der Waals surface area contributed by atoms with Crippen LogP contribution in [0.3, 0.4) is 0 Å². The van der Waals surface area contributed by atoms with Gasteiger partial charge in [0.1, 0.15) is 0 Å². The summed E-state index contributed by atoms with van der Waals surface area (Å²) < 4.78 is 2.37. The molecule has 0 amide bonds. The zero-order valence-electron chi connectivity index (χ0n) is 40.3. The van der Waals surface area contributed by atoms with Gasteiger partial charge in [0.25, 0.3) is 0 Å². The van der Waals surface area contributed by atoms with Crippen LogP contribution in [0.1, 0.15) is 22.6 Å². The zero-order valence-corrected chi connectivity index (χ0v) is 40.3. The Bertz CT molecular complexity index is 4180. The van der Waals surface area contributed by atoms with E-state index in [0.717, 1.165) is 61.3 Å². The van der Waals surface area contributed by atoms with E-state index in [9.17, 15) is 0 Å². The highest BCUT2D eigenvalue weighted by Gasteiger charge is 2.30. The number of benzene rings is 11. The summed E-state index contributed by atoms with van der Waals surface area (Å²) in [7, 11) is 0. The maximum absolute atomic E-state index is 5.23. The summed E-state index contributed by atoms with van der Waals surface area (Å²) >= 11 is 0. The van der Waals surface area contributed by atoms with Crippen LogP contribution in [-0.2, 0) is 0 Å². The second kappa shape index (κ2) is 18.1. The molecule has 0 radical (unpaired) electrons. The average molecular weight is 943 g/mol. The van der Waals surface area contributed by atoms with Gasteiger partial charge in [0.15, 0.2) is 17.5 Å². The Morgan fingerprint density at radius 1 is 0.257 bits per heavy atom. The van der Waals surface area contributed by atoms with Crippen molar-refractivity contribution in [2.45, 2.75) is 5.92 Å². The smallest absolute Gasteiger partial charge is 0.164 e. The Morgan fingerprint density at radius 3 is 1.34 bits per heavy atom. The van der Waals surface area contributed by atoms with Crippen LogP contribution in [0.2, 0.25) is 0 Å². The molecule has 0 saturated carbocycles. The molecule has 0 fully saturated rings. The van der Waals surface area contributed by atoms with E-state index in [0.29, 0.717) is 17.5 Å². The molecule has 4 nitrogen and oxygen atoms in total. The molecule has 13 aromatic rings. The standard InChI is InChI=1S/C70H46N4/c1-5-19-46(20-6-1)67-61-33-14-13-31-59(61)63-44-53(35-37-62(63)67)49-25-17-27-51(39-49)55-41-56(43-57(42-55)70-72-68(47-21-7-2-8-22-47)71-69(73-70)48-23-9-3-10-24-48)52-28-18-26-50(40-52)54-36-38-66-64(45-54)60-32-15-16-34-65(60)74(66)58-29-11-4-12-30-58/h1-45,67H. The largest absolute Gasteiger partial charge is 0.309 e. The molecule has 14 rings (SSSR count). The minimum Gasteiger partial charge on any atom is -0.309 e. The molecule has 0 aliphatic heterocycles. The monoisotopic (exact) mass is 942 g/mol. The summed E-state index contributed by atoms with van der Waals surface area (Å²) in [6.45, 7) is 0. The van der Waals surface area contributed by atoms with Crippen molar-refractivity contribution < 1.29 is 0 Å². The molecule has 11 aromatic carbocycles. The van der Waals surface area contributed by atoms with Crippen molar-refractivity contribution in [1.29, 1.82) is 0 Å². The lowest BCUT2D eigenvalue weighted by Gasteiger charge is -2.15. The molecular weight excluding hydrogens is 897 g/mol. The van der Waals surface area contributed by atoms with Gasteiger partial charge in [0, 0.05) is 39.1 Å². The van der Waals surface area contributed by atoms with Crippen molar-refractivity contribution in [2.75, 3.05) is 0 Å². The fourth-order valence-corrected chi connectivity index (χ4v) is 11.2. The molecule has 0 saturated heterocycles. The first kappa shape index (κ1) is 43.1. The van der Waals surface area contributed by atoms with Gasteiger partial charge in [-0.1, -0.05) is 206 Å². The van der Waals surface area contributed by atoms with Crippen LogP contribution in [0.4, 0.5) is 0 Å². The van der Waals surface area contributed by atoms with Gasteiger partial charge in [-0.25, -0.2) is 15.0 Å². The third-order valence-corrected chi connectivity index (χ3v) is 14.7. The predicted octanol–water partition coefficient (Wildman–Crippen LogP) is 17.8. The first-order valence-corrected chi connectivity index (χ1v) is 25.3. The van der Waals surface area contributed by atoms with Crippen molar-refractivity contribution in [3.8, 4) is 95.5 Å². The van der Waals surface area contributed by atoms with E-state index in [1.165, 1.54) is 55.2 Å². The number of rotatable bonds is 9. The zero-order chi connectivity index (χ0) is 49.0. The molecule has 0 spiro atoms. The minimum atomic E-state index is 0.201. The molecule has 2 heterocycles. The molecule has 1 aliphatic carbocycles. The normalized spacial score (nSPS) is 12.7. The van der Waals surface area contributed by atoms with Crippen LogP contribution in [0.15, 0.2) is 273 Å². The maximum Gasteiger partial charge on any atom is 0.164 e. The van der Waals surface area contributed by atoms with Crippen molar-refractivity contribution >= 4 is 21.8 Å². The number of hydrogen-bond acceptors (Lipinski definition) is 3. The number of aromatic nitrogens is 4. The third kappa shape index (κ3) is 7.69. The Balaban J connectivity index is 0.913. The summed E-state index contributed by atoms with van der Waals surface area (Å²) in [5.41, 5.74) is 21.9. The van der Waals surface area contributed by atoms with Gasteiger partial charge in [-0.15, -0.1) is 0 Å². The van der Waals surface area contributed by atoms with Crippen LogP contribution < -0.4 is 0 Å². The molecule has 2 aromatic heterocycles. The SMILES string of the molecule is c1ccc(-c2nc(-c3ccccc3)nc(-c3cc(-c4cccc(-c5ccc6c(c5)-c5ccccc5C6c5ccccc5)c4)cc(-c4cccc(-c5ccc6c(c5)c5ccccc5n6-c5ccccc5)c4)c3)n2)cc1. The highest BCUT2D eigenvalue weighted by molar-refractivity contribution is 6.10. The predicted molar refractivity (Wildman–Crippen MR) is 305 cm³/mol. The van der Waals surface area contributed by atoms with Crippen LogP contribution in [0.5, 0.6) is 0 Å². The highest BCUT2D eigenvalue weighted by Crippen LogP contribution is 2.49. The van der Waals surface area contributed by atoms with Crippen molar-refractivity contribution in [3.05, 3.63) is 290 Å². The first-order chi connectivity index (χ1) is 36.7. The van der Waals surface area contributed by atoms with Crippen LogP contribution in [0, 0.1) is 0 Å². The molecule has 0 bridgehead atoms. The molecule has 74 heavy (non-hydrogen) atoms. The lowest BCUT2D eigenvalue weighted by Crippen LogP contribution is -2.00. The van der Waals surface area contributed by atoms with Gasteiger partial charge < -0.3 is 4.57 Å². The van der Waals surface area contributed by atoms with Crippen LogP contribution >= 0.6 is 0 Å². The summed E-state index contributed by atoms with van der Waals surface area (Å²) in [4.78, 5) is 15.5. The topological polar surface area (TPSA) is 43.6 Å². The van der Waals surface area contributed by atoms with Gasteiger partial charge in [-0.05, 0) is 139 Å². The summed E-state index contributed by atoms with van der Waals surface area (Å²) in [5.74, 6) is 2.06. The number of fused-ring (bicyclic) bond motifs is 6. The first-order valence-electron chi connectivity index (χ1n) is 25.3. The van der Waals surface area contributed by atoms with E-state index >= 15 is 0 Å².